The highest BCUT2D eigenvalue weighted by Crippen LogP contribution is 2.41. The summed E-state index contributed by atoms with van der Waals surface area (Å²) in [4.78, 5) is 18.9. The summed E-state index contributed by atoms with van der Waals surface area (Å²) in [6.07, 6.45) is 4.90. The van der Waals surface area contributed by atoms with Gasteiger partial charge in [-0.3, -0.25) is 4.79 Å². The molecule has 0 bridgehead atoms. The van der Waals surface area contributed by atoms with Crippen LogP contribution in [-0.2, 0) is 11.3 Å². The number of nitrogens with zero attached hydrogens (tertiary/aromatic N) is 2. The fourth-order valence-corrected chi connectivity index (χ4v) is 3.76. The van der Waals surface area contributed by atoms with Crippen LogP contribution in [0.3, 0.4) is 0 Å². The van der Waals surface area contributed by atoms with Crippen LogP contribution in [0, 0.1) is 6.92 Å². The molecule has 0 spiro atoms. The van der Waals surface area contributed by atoms with Crippen molar-refractivity contribution >= 4 is 39.9 Å². The molecule has 0 saturated heterocycles. The molecule has 3 aromatic rings. The Morgan fingerprint density at radius 3 is 2.86 bits per heavy atom. The highest BCUT2D eigenvalue weighted by Gasteiger charge is 2.28. The van der Waals surface area contributed by atoms with Gasteiger partial charge in [0.15, 0.2) is 12.2 Å². The third-order valence-corrected chi connectivity index (χ3v) is 5.39. The summed E-state index contributed by atoms with van der Waals surface area (Å²) in [6.45, 7) is 6.36. The standard InChI is InChI=1S/C23H19ClN2O2/c1-3-17-10-16(9-8-15(17)2)13-26-20-7-5-4-6-18(20)23(24)19(11-22(26)27)21-12-25-14-28-21/h3-10,12,14H,1,11,13H2,2H3. The number of fused-ring (bicyclic) bond motifs is 1. The number of carbonyl (C=O) groups excluding carboxylic acids is 1. The van der Waals surface area contributed by atoms with Crippen molar-refractivity contribution < 1.29 is 9.21 Å². The molecule has 0 N–H and O–H groups in total. The van der Waals surface area contributed by atoms with E-state index in [4.69, 9.17) is 16.0 Å². The molecular weight excluding hydrogens is 372 g/mol. The number of aromatic nitrogens is 1. The summed E-state index contributed by atoms with van der Waals surface area (Å²) in [5.74, 6) is 0.467. The first-order valence-corrected chi connectivity index (χ1v) is 9.35. The summed E-state index contributed by atoms with van der Waals surface area (Å²) < 4.78 is 5.42. The fraction of sp³-hybridized carbons (Fsp3) is 0.130. The van der Waals surface area contributed by atoms with Crippen molar-refractivity contribution in [2.75, 3.05) is 4.90 Å². The van der Waals surface area contributed by atoms with Gasteiger partial charge in [-0.15, -0.1) is 0 Å². The van der Waals surface area contributed by atoms with E-state index in [2.05, 4.69) is 17.6 Å². The third-order valence-electron chi connectivity index (χ3n) is 4.96. The van der Waals surface area contributed by atoms with Crippen LogP contribution >= 0.6 is 11.6 Å². The predicted molar refractivity (Wildman–Crippen MR) is 113 cm³/mol. The first-order valence-electron chi connectivity index (χ1n) is 8.97. The van der Waals surface area contributed by atoms with E-state index in [1.165, 1.54) is 6.39 Å². The molecule has 0 aliphatic carbocycles. The lowest BCUT2D eigenvalue weighted by Gasteiger charge is -2.23. The van der Waals surface area contributed by atoms with Crippen LogP contribution in [0.15, 0.2) is 66.1 Å². The van der Waals surface area contributed by atoms with Crippen LogP contribution in [0.4, 0.5) is 5.69 Å². The zero-order chi connectivity index (χ0) is 19.7. The molecule has 5 heteroatoms. The minimum atomic E-state index is -0.0461. The molecule has 0 atom stereocenters. The van der Waals surface area contributed by atoms with Gasteiger partial charge in [0.25, 0.3) is 0 Å². The number of hydrogen-bond acceptors (Lipinski definition) is 3. The van der Waals surface area contributed by atoms with Gasteiger partial charge >= 0.3 is 0 Å². The minimum absolute atomic E-state index is 0.0461. The number of oxazole rings is 1. The fourth-order valence-electron chi connectivity index (χ4n) is 3.44. The molecule has 2 aromatic carbocycles. The number of amides is 1. The largest absolute Gasteiger partial charge is 0.444 e. The Hall–Kier alpha value is -3.11. The van der Waals surface area contributed by atoms with Crippen molar-refractivity contribution in [3.8, 4) is 0 Å². The average Bonchev–Trinajstić information content (AvgIpc) is 3.22. The predicted octanol–water partition coefficient (Wildman–Crippen LogP) is 5.67. The molecule has 2 heterocycles. The van der Waals surface area contributed by atoms with Crippen molar-refractivity contribution in [1.82, 2.24) is 4.98 Å². The maximum atomic E-state index is 13.2. The summed E-state index contributed by atoms with van der Waals surface area (Å²) in [5.41, 5.74) is 5.48. The highest BCUT2D eigenvalue weighted by atomic mass is 35.5. The van der Waals surface area contributed by atoms with Crippen LogP contribution < -0.4 is 4.90 Å². The second-order valence-corrected chi connectivity index (χ2v) is 7.11. The Bertz CT molecular complexity index is 1080. The Morgan fingerprint density at radius 1 is 1.29 bits per heavy atom. The van der Waals surface area contributed by atoms with Gasteiger partial charge in [0.1, 0.15) is 0 Å². The zero-order valence-electron chi connectivity index (χ0n) is 15.5. The summed E-state index contributed by atoms with van der Waals surface area (Å²) in [7, 11) is 0. The van der Waals surface area contributed by atoms with Gasteiger partial charge in [0.05, 0.1) is 29.9 Å². The van der Waals surface area contributed by atoms with Crippen LogP contribution in [0.5, 0.6) is 0 Å². The maximum absolute atomic E-state index is 13.2. The number of aryl methyl sites for hydroxylation is 1. The molecule has 1 aliphatic rings. The van der Waals surface area contributed by atoms with Gasteiger partial charge in [0, 0.05) is 11.1 Å². The lowest BCUT2D eigenvalue weighted by molar-refractivity contribution is -0.117. The molecule has 140 valence electrons. The molecule has 0 saturated carbocycles. The van der Waals surface area contributed by atoms with Crippen molar-refractivity contribution in [2.24, 2.45) is 0 Å². The summed E-state index contributed by atoms with van der Waals surface area (Å²) in [6, 6.07) is 13.8. The molecule has 0 fully saturated rings. The molecule has 1 aromatic heterocycles. The summed E-state index contributed by atoms with van der Waals surface area (Å²) in [5, 5.41) is 0.513. The van der Waals surface area contributed by atoms with Crippen molar-refractivity contribution in [3.05, 3.63) is 89.6 Å². The molecule has 4 rings (SSSR count). The van der Waals surface area contributed by atoms with Gasteiger partial charge in [-0.1, -0.05) is 54.6 Å². The molecule has 28 heavy (non-hydrogen) atoms. The number of anilines is 1. The van der Waals surface area contributed by atoms with E-state index in [-0.39, 0.29) is 12.3 Å². The minimum Gasteiger partial charge on any atom is -0.444 e. The lowest BCUT2D eigenvalue weighted by atomic mass is 10.0. The Kier molecular flexibility index (Phi) is 4.88. The van der Waals surface area contributed by atoms with Crippen molar-refractivity contribution in [3.63, 3.8) is 0 Å². The maximum Gasteiger partial charge on any atom is 0.231 e. The first-order chi connectivity index (χ1) is 13.6. The Labute approximate surface area is 168 Å². The van der Waals surface area contributed by atoms with Crippen LogP contribution in [0.25, 0.3) is 16.7 Å². The third kappa shape index (κ3) is 3.27. The summed E-state index contributed by atoms with van der Waals surface area (Å²) >= 11 is 6.71. The van der Waals surface area contributed by atoms with E-state index in [0.717, 1.165) is 27.9 Å². The number of benzene rings is 2. The Balaban J connectivity index is 1.78. The number of para-hydroxylation sites is 1. The first kappa shape index (κ1) is 18.3. The van der Waals surface area contributed by atoms with E-state index in [1.807, 2.05) is 49.4 Å². The zero-order valence-corrected chi connectivity index (χ0v) is 16.2. The molecule has 1 aliphatic heterocycles. The van der Waals surface area contributed by atoms with Gasteiger partial charge < -0.3 is 9.32 Å². The van der Waals surface area contributed by atoms with Crippen molar-refractivity contribution in [2.45, 2.75) is 19.9 Å². The SMILES string of the molecule is C=Cc1cc(CN2C(=O)CC(c3cnco3)=C(Cl)c3ccccc32)ccc1C. The van der Waals surface area contributed by atoms with Crippen LogP contribution in [-0.4, -0.2) is 10.9 Å². The van der Waals surface area contributed by atoms with Crippen LogP contribution in [0.2, 0.25) is 0 Å². The van der Waals surface area contributed by atoms with E-state index < -0.39 is 0 Å². The van der Waals surface area contributed by atoms with Crippen LogP contribution in [0.1, 0.15) is 34.4 Å². The molecule has 1 amide bonds. The topological polar surface area (TPSA) is 46.3 Å². The van der Waals surface area contributed by atoms with E-state index >= 15 is 0 Å². The van der Waals surface area contributed by atoms with E-state index in [0.29, 0.717) is 22.9 Å². The molecule has 0 unspecified atom stereocenters. The van der Waals surface area contributed by atoms with Gasteiger partial charge in [-0.05, 0) is 35.7 Å². The molecule has 4 nitrogen and oxygen atoms in total. The molecule has 0 radical (unpaired) electrons. The van der Waals surface area contributed by atoms with Gasteiger partial charge in [-0.25, -0.2) is 4.98 Å². The van der Waals surface area contributed by atoms with Crippen molar-refractivity contribution in [1.29, 1.82) is 0 Å². The number of carbonyl (C=O) groups is 1. The highest BCUT2D eigenvalue weighted by molar-refractivity contribution is 6.53. The van der Waals surface area contributed by atoms with E-state index in [1.54, 1.807) is 11.1 Å². The van der Waals surface area contributed by atoms with E-state index in [9.17, 15) is 4.79 Å². The normalized spacial score (nSPS) is 14.1. The van der Waals surface area contributed by atoms with Gasteiger partial charge in [-0.2, -0.15) is 0 Å². The average molecular weight is 391 g/mol. The lowest BCUT2D eigenvalue weighted by Crippen LogP contribution is -2.30. The monoisotopic (exact) mass is 390 g/mol. The second kappa shape index (κ2) is 7.49. The second-order valence-electron chi connectivity index (χ2n) is 6.73. The Morgan fingerprint density at radius 2 is 2.11 bits per heavy atom. The quantitative estimate of drug-likeness (QED) is 0.576. The number of rotatable bonds is 4. The number of halogens is 1. The molecular formula is C23H19ClN2O2. The van der Waals surface area contributed by atoms with Gasteiger partial charge in [0.2, 0.25) is 5.91 Å². The number of hydrogen-bond donors (Lipinski definition) is 0. The smallest absolute Gasteiger partial charge is 0.231 e.